The molecule has 8 N–H and O–H groups in total. The Morgan fingerprint density at radius 2 is 1.90 bits per heavy atom. The maximum Gasteiger partial charge on any atom is 0.322 e. The van der Waals surface area contributed by atoms with Gasteiger partial charge >= 0.3 is 5.97 Å². The van der Waals surface area contributed by atoms with Crippen molar-refractivity contribution in [1.82, 2.24) is 25.9 Å². The Morgan fingerprint density at radius 1 is 1.21 bits per heavy atom. The van der Waals surface area contributed by atoms with Gasteiger partial charge in [0.15, 0.2) is 0 Å². The summed E-state index contributed by atoms with van der Waals surface area (Å²) in [5.74, 6) is -3.66. The van der Waals surface area contributed by atoms with Crippen LogP contribution in [0.25, 0.3) is 0 Å². The zero-order chi connectivity index (χ0) is 22.0. The van der Waals surface area contributed by atoms with E-state index in [1.54, 1.807) is 6.92 Å². The second kappa shape index (κ2) is 11.8. The standard InChI is InChI=1S/C17H28N6O6/c1-3-9(2)14(23-15(27)11(18)4-10-5-19-8-21-10)17(29)22-12(7-24)16(28)20-6-13(25)26/h5,8-9,11-12,14,24H,3-4,6-7,18H2,1-2H3,(H,19,21)(H,20,28)(H,22,29)(H,23,27)(H,25,26)/t9-,11-,12-,14-/m0/s1. The highest BCUT2D eigenvalue weighted by atomic mass is 16.4. The normalized spacial score (nSPS) is 14.9. The molecule has 0 spiro atoms. The van der Waals surface area contributed by atoms with Gasteiger partial charge < -0.3 is 36.9 Å². The van der Waals surface area contributed by atoms with Gasteiger partial charge in [-0.3, -0.25) is 19.2 Å². The molecule has 0 aliphatic carbocycles. The van der Waals surface area contributed by atoms with E-state index in [1.807, 2.05) is 6.92 Å². The van der Waals surface area contributed by atoms with Crippen LogP contribution in [0.5, 0.6) is 0 Å². The van der Waals surface area contributed by atoms with Crippen LogP contribution in [0.3, 0.4) is 0 Å². The van der Waals surface area contributed by atoms with Crippen LogP contribution in [0.15, 0.2) is 12.5 Å². The van der Waals surface area contributed by atoms with Crippen molar-refractivity contribution in [1.29, 1.82) is 0 Å². The minimum Gasteiger partial charge on any atom is -0.480 e. The molecule has 1 aromatic heterocycles. The molecule has 12 heteroatoms. The third-order valence-corrected chi connectivity index (χ3v) is 4.35. The summed E-state index contributed by atoms with van der Waals surface area (Å²) in [5, 5.41) is 25.0. The van der Waals surface area contributed by atoms with Crippen molar-refractivity contribution < 1.29 is 29.4 Å². The topological polar surface area (TPSA) is 200 Å². The van der Waals surface area contributed by atoms with Crippen LogP contribution in [0.1, 0.15) is 26.0 Å². The molecule has 1 heterocycles. The monoisotopic (exact) mass is 412 g/mol. The molecular formula is C17H28N6O6. The maximum atomic E-state index is 12.6. The first-order chi connectivity index (χ1) is 13.7. The largest absolute Gasteiger partial charge is 0.480 e. The number of imidazole rings is 1. The summed E-state index contributed by atoms with van der Waals surface area (Å²) >= 11 is 0. The SMILES string of the molecule is CC[C@H](C)[C@H](NC(=O)[C@@H](N)Cc1cnc[nH]1)C(=O)N[C@@H](CO)C(=O)NCC(=O)O. The fourth-order valence-electron chi connectivity index (χ4n) is 2.43. The van der Waals surface area contributed by atoms with Crippen molar-refractivity contribution in [2.45, 2.75) is 44.8 Å². The average Bonchev–Trinajstić information content (AvgIpc) is 3.20. The Hall–Kier alpha value is -2.99. The molecule has 0 bridgehead atoms. The van der Waals surface area contributed by atoms with E-state index in [-0.39, 0.29) is 12.3 Å². The summed E-state index contributed by atoms with van der Waals surface area (Å²) in [5.41, 5.74) is 6.55. The number of aromatic amines is 1. The lowest BCUT2D eigenvalue weighted by Gasteiger charge is -2.26. The van der Waals surface area contributed by atoms with Crippen LogP contribution in [-0.2, 0) is 25.6 Å². The Balaban J connectivity index is 2.76. The third-order valence-electron chi connectivity index (χ3n) is 4.35. The van der Waals surface area contributed by atoms with E-state index in [0.29, 0.717) is 12.1 Å². The smallest absolute Gasteiger partial charge is 0.322 e. The van der Waals surface area contributed by atoms with Crippen molar-refractivity contribution in [3.63, 3.8) is 0 Å². The molecule has 0 saturated heterocycles. The summed E-state index contributed by atoms with van der Waals surface area (Å²) in [6.07, 6.45) is 3.73. The molecule has 0 radical (unpaired) electrons. The van der Waals surface area contributed by atoms with Crippen LogP contribution >= 0.6 is 0 Å². The fraction of sp³-hybridized carbons (Fsp3) is 0.588. The number of rotatable bonds is 12. The molecular weight excluding hydrogens is 384 g/mol. The summed E-state index contributed by atoms with van der Waals surface area (Å²) < 4.78 is 0. The van der Waals surface area contributed by atoms with E-state index in [4.69, 9.17) is 10.8 Å². The number of carbonyl (C=O) groups excluding carboxylic acids is 3. The minimum absolute atomic E-state index is 0.192. The van der Waals surface area contributed by atoms with Gasteiger partial charge in [-0.05, 0) is 5.92 Å². The first-order valence-corrected chi connectivity index (χ1v) is 9.13. The van der Waals surface area contributed by atoms with E-state index >= 15 is 0 Å². The number of aliphatic carboxylic acids is 1. The quantitative estimate of drug-likeness (QED) is 0.195. The number of aromatic nitrogens is 2. The van der Waals surface area contributed by atoms with Gasteiger partial charge in [-0.1, -0.05) is 20.3 Å². The van der Waals surface area contributed by atoms with Gasteiger partial charge in [-0.2, -0.15) is 0 Å². The molecule has 0 unspecified atom stereocenters. The minimum atomic E-state index is -1.36. The Bertz CT molecular complexity index is 695. The highest BCUT2D eigenvalue weighted by molar-refractivity contribution is 5.93. The predicted molar refractivity (Wildman–Crippen MR) is 101 cm³/mol. The summed E-state index contributed by atoms with van der Waals surface area (Å²) in [6, 6.07) is -3.28. The number of carbonyl (C=O) groups is 4. The van der Waals surface area contributed by atoms with E-state index in [2.05, 4.69) is 25.9 Å². The molecule has 29 heavy (non-hydrogen) atoms. The van der Waals surface area contributed by atoms with Gasteiger partial charge in [0, 0.05) is 18.3 Å². The second-order valence-electron chi connectivity index (χ2n) is 6.61. The number of carboxylic acid groups (broad SMARTS) is 1. The lowest BCUT2D eigenvalue weighted by atomic mass is 9.97. The van der Waals surface area contributed by atoms with Gasteiger partial charge in [0.25, 0.3) is 0 Å². The van der Waals surface area contributed by atoms with Crippen LogP contribution in [-0.4, -0.2) is 75.1 Å². The molecule has 0 aliphatic rings. The van der Waals surface area contributed by atoms with Crippen molar-refractivity contribution in [3.05, 3.63) is 18.2 Å². The molecule has 12 nitrogen and oxygen atoms in total. The van der Waals surface area contributed by atoms with Gasteiger partial charge in [0.1, 0.15) is 18.6 Å². The molecule has 1 aromatic rings. The first-order valence-electron chi connectivity index (χ1n) is 9.13. The number of aliphatic hydroxyl groups is 1. The highest BCUT2D eigenvalue weighted by Gasteiger charge is 2.31. The molecule has 4 atom stereocenters. The Morgan fingerprint density at radius 3 is 2.41 bits per heavy atom. The Labute approximate surface area is 167 Å². The van der Waals surface area contributed by atoms with E-state index in [0.717, 1.165) is 0 Å². The summed E-state index contributed by atoms with van der Waals surface area (Å²) in [4.78, 5) is 54.2. The van der Waals surface area contributed by atoms with Gasteiger partial charge in [0.05, 0.1) is 19.0 Å². The number of nitrogens with one attached hydrogen (secondary N) is 4. The van der Waals surface area contributed by atoms with Crippen molar-refractivity contribution in [3.8, 4) is 0 Å². The fourth-order valence-corrected chi connectivity index (χ4v) is 2.43. The molecule has 162 valence electrons. The van der Waals surface area contributed by atoms with Gasteiger partial charge in [0.2, 0.25) is 17.7 Å². The van der Waals surface area contributed by atoms with Crippen LogP contribution in [0.4, 0.5) is 0 Å². The number of hydrogen-bond donors (Lipinski definition) is 7. The number of carboxylic acids is 1. The zero-order valence-electron chi connectivity index (χ0n) is 16.3. The molecule has 0 fully saturated rings. The molecule has 0 aromatic carbocycles. The molecule has 0 aliphatic heterocycles. The number of amides is 3. The first kappa shape index (κ1) is 24.0. The number of hydrogen-bond acceptors (Lipinski definition) is 7. The van der Waals surface area contributed by atoms with Crippen LogP contribution < -0.4 is 21.7 Å². The predicted octanol–water partition coefficient (Wildman–Crippen LogP) is -2.51. The van der Waals surface area contributed by atoms with Crippen molar-refractivity contribution in [2.75, 3.05) is 13.2 Å². The summed E-state index contributed by atoms with van der Waals surface area (Å²) in [6.45, 7) is 2.17. The third kappa shape index (κ3) is 7.87. The van der Waals surface area contributed by atoms with Crippen molar-refractivity contribution in [2.24, 2.45) is 11.7 Å². The number of nitrogens with zero attached hydrogens (tertiary/aromatic N) is 1. The van der Waals surface area contributed by atoms with Crippen LogP contribution in [0, 0.1) is 5.92 Å². The highest BCUT2D eigenvalue weighted by Crippen LogP contribution is 2.09. The average molecular weight is 412 g/mol. The molecule has 3 amide bonds. The summed E-state index contributed by atoms with van der Waals surface area (Å²) in [7, 11) is 0. The van der Waals surface area contributed by atoms with E-state index in [9.17, 15) is 24.3 Å². The van der Waals surface area contributed by atoms with Gasteiger partial charge in [-0.25, -0.2) is 4.98 Å². The maximum absolute atomic E-state index is 12.6. The number of H-pyrrole nitrogens is 1. The lowest BCUT2D eigenvalue weighted by Crippen LogP contribution is -2.58. The van der Waals surface area contributed by atoms with E-state index in [1.165, 1.54) is 12.5 Å². The van der Waals surface area contributed by atoms with Crippen molar-refractivity contribution >= 4 is 23.7 Å². The lowest BCUT2D eigenvalue weighted by molar-refractivity contribution is -0.139. The molecule has 1 rings (SSSR count). The molecule has 0 saturated carbocycles. The number of nitrogens with two attached hydrogens (primary N) is 1. The zero-order valence-corrected chi connectivity index (χ0v) is 16.3. The number of aliphatic hydroxyl groups excluding tert-OH is 1. The van der Waals surface area contributed by atoms with Gasteiger partial charge in [-0.15, -0.1) is 0 Å². The second-order valence-corrected chi connectivity index (χ2v) is 6.61. The Kier molecular flexibility index (Phi) is 9.75. The van der Waals surface area contributed by atoms with Crippen LogP contribution in [0.2, 0.25) is 0 Å². The van der Waals surface area contributed by atoms with E-state index < -0.39 is 55.0 Å².